The lowest BCUT2D eigenvalue weighted by Crippen LogP contribution is -2.07. The van der Waals surface area contributed by atoms with Gasteiger partial charge in [-0.15, -0.1) is 11.8 Å². The molecule has 0 aliphatic rings. The Labute approximate surface area is 146 Å². The number of carbonyl (C=O) groups excluding carboxylic acids is 1. The summed E-state index contributed by atoms with van der Waals surface area (Å²) < 4.78 is 11.3. The summed E-state index contributed by atoms with van der Waals surface area (Å²) in [4.78, 5) is 12.3. The van der Waals surface area contributed by atoms with Crippen LogP contribution in [0.2, 0.25) is 0 Å². The fourth-order valence-corrected chi connectivity index (χ4v) is 3.87. The van der Waals surface area contributed by atoms with Gasteiger partial charge in [0.2, 0.25) is 0 Å². The first-order chi connectivity index (χ1) is 11.1. The number of esters is 1. The van der Waals surface area contributed by atoms with E-state index in [0.29, 0.717) is 23.0 Å². The van der Waals surface area contributed by atoms with E-state index in [4.69, 9.17) is 21.4 Å². The van der Waals surface area contributed by atoms with Gasteiger partial charge in [-0.2, -0.15) is 0 Å². The van der Waals surface area contributed by atoms with E-state index in [2.05, 4.69) is 13.0 Å². The van der Waals surface area contributed by atoms with E-state index in [-0.39, 0.29) is 5.97 Å². The topological polar surface area (TPSA) is 39.4 Å². The van der Waals surface area contributed by atoms with Gasteiger partial charge in [0.15, 0.2) is 4.71 Å². The predicted molar refractivity (Wildman–Crippen MR) is 97.5 cm³/mol. The summed E-state index contributed by atoms with van der Waals surface area (Å²) in [5, 5.41) is 1.57. The van der Waals surface area contributed by atoms with Crippen LogP contribution in [0.15, 0.2) is 39.6 Å². The normalized spacial score (nSPS) is 12.3. The van der Waals surface area contributed by atoms with Crippen LogP contribution in [-0.4, -0.2) is 17.8 Å². The Kier molecular flexibility index (Phi) is 7.12. The third-order valence-electron chi connectivity index (χ3n) is 3.58. The summed E-state index contributed by atoms with van der Waals surface area (Å²) in [6.45, 7) is 4.49. The summed E-state index contributed by atoms with van der Waals surface area (Å²) in [5.41, 5.74) is 0.828. The lowest BCUT2D eigenvalue weighted by Gasteiger charge is -2.15. The molecular weight excluding hydrogens is 328 g/mol. The molecule has 1 aromatic carbocycles. The van der Waals surface area contributed by atoms with E-state index < -0.39 is 0 Å². The quantitative estimate of drug-likeness (QED) is 0.262. The van der Waals surface area contributed by atoms with Crippen LogP contribution >= 0.6 is 24.0 Å². The van der Waals surface area contributed by atoms with Crippen molar-refractivity contribution in [1.82, 2.24) is 0 Å². The molecule has 0 N–H and O–H groups in total. The molecule has 3 nitrogen and oxygen atoms in total. The zero-order valence-corrected chi connectivity index (χ0v) is 15.2. The van der Waals surface area contributed by atoms with E-state index >= 15 is 0 Å². The predicted octanol–water partition coefficient (Wildman–Crippen LogP) is 5.77. The largest absolute Gasteiger partial charge is 0.466 e. The third kappa shape index (κ3) is 5.36. The van der Waals surface area contributed by atoms with E-state index in [1.165, 1.54) is 0 Å². The summed E-state index contributed by atoms with van der Waals surface area (Å²) in [6, 6.07) is 9.90. The van der Waals surface area contributed by atoms with Gasteiger partial charge >= 0.3 is 5.97 Å². The van der Waals surface area contributed by atoms with E-state index in [1.807, 2.05) is 43.0 Å². The molecule has 2 aromatic rings. The Morgan fingerprint density at radius 1 is 1.35 bits per heavy atom. The van der Waals surface area contributed by atoms with Crippen molar-refractivity contribution >= 4 is 40.9 Å². The molecule has 0 fully saturated rings. The molecule has 0 aliphatic carbocycles. The maximum Gasteiger partial charge on any atom is 0.305 e. The van der Waals surface area contributed by atoms with Crippen LogP contribution in [0.4, 0.5) is 0 Å². The first kappa shape index (κ1) is 18.0. The average Bonchev–Trinajstić information content (AvgIpc) is 2.56. The third-order valence-corrected chi connectivity index (χ3v) is 5.28. The summed E-state index contributed by atoms with van der Waals surface area (Å²) in [5.74, 6) is -0.128. The van der Waals surface area contributed by atoms with Crippen LogP contribution in [0.3, 0.4) is 0 Å². The number of para-hydroxylation sites is 1. The van der Waals surface area contributed by atoms with Crippen LogP contribution in [0, 0.1) is 4.71 Å². The Morgan fingerprint density at radius 2 is 2.13 bits per heavy atom. The van der Waals surface area contributed by atoms with Crippen molar-refractivity contribution in [3.05, 3.63) is 35.0 Å². The lowest BCUT2D eigenvalue weighted by atomic mass is 10.2. The molecule has 1 unspecified atom stereocenters. The molecule has 0 amide bonds. The Hall–Kier alpha value is -1.33. The molecule has 0 radical (unpaired) electrons. The van der Waals surface area contributed by atoms with Gasteiger partial charge in [0, 0.05) is 28.0 Å². The number of hydrogen-bond donors (Lipinski definition) is 0. The van der Waals surface area contributed by atoms with Crippen LogP contribution in [0.1, 0.15) is 39.5 Å². The molecule has 2 rings (SSSR count). The summed E-state index contributed by atoms with van der Waals surface area (Å²) in [6.07, 6.45) is 3.38. The molecule has 1 heterocycles. The molecule has 0 bridgehead atoms. The van der Waals surface area contributed by atoms with E-state index in [0.717, 1.165) is 35.1 Å². The molecule has 1 atom stereocenters. The minimum absolute atomic E-state index is 0.128. The Balaban J connectivity index is 2.01. The number of hydrogen-bond acceptors (Lipinski definition) is 5. The average molecular weight is 351 g/mol. The van der Waals surface area contributed by atoms with Gasteiger partial charge in [0.05, 0.1) is 6.61 Å². The minimum Gasteiger partial charge on any atom is -0.466 e. The highest BCUT2D eigenvalue weighted by Gasteiger charge is 2.12. The van der Waals surface area contributed by atoms with Gasteiger partial charge < -0.3 is 9.15 Å². The lowest BCUT2D eigenvalue weighted by molar-refractivity contribution is -0.143. The number of fused-ring (bicyclic) bond motifs is 1. The second-order valence-electron chi connectivity index (χ2n) is 5.29. The monoisotopic (exact) mass is 350 g/mol. The van der Waals surface area contributed by atoms with Crippen LogP contribution in [0.25, 0.3) is 11.0 Å². The fraction of sp³-hybridized carbons (Fsp3) is 0.444. The van der Waals surface area contributed by atoms with Gasteiger partial charge in [0.1, 0.15) is 5.58 Å². The van der Waals surface area contributed by atoms with E-state index in [9.17, 15) is 4.79 Å². The molecule has 5 heteroatoms. The van der Waals surface area contributed by atoms with Gasteiger partial charge in [-0.25, -0.2) is 0 Å². The minimum atomic E-state index is -0.128. The van der Waals surface area contributed by atoms with Crippen molar-refractivity contribution in [2.45, 2.75) is 49.7 Å². The molecular formula is C18H22O3S2. The number of ether oxygens (including phenoxy) is 1. The zero-order valence-electron chi connectivity index (χ0n) is 13.5. The number of thioether (sulfide) groups is 1. The van der Waals surface area contributed by atoms with Crippen LogP contribution in [-0.2, 0) is 9.53 Å². The standard InChI is InChI=1S/C18H22O3S2/c1-3-13(8-7-11-20-17(19)4-2)23-16-12-18(22)21-15-10-6-5-9-14(15)16/h5-6,9-10,12-13H,3-4,7-8,11H2,1-2H3. The van der Waals surface area contributed by atoms with Crippen molar-refractivity contribution in [2.24, 2.45) is 0 Å². The maximum absolute atomic E-state index is 11.2. The molecule has 0 saturated heterocycles. The number of benzene rings is 1. The van der Waals surface area contributed by atoms with Crippen LogP contribution in [0.5, 0.6) is 0 Å². The van der Waals surface area contributed by atoms with Gasteiger partial charge in [-0.3, -0.25) is 4.79 Å². The summed E-state index contributed by atoms with van der Waals surface area (Å²) in [7, 11) is 0. The van der Waals surface area contributed by atoms with Gasteiger partial charge in [-0.05, 0) is 37.5 Å². The highest BCUT2D eigenvalue weighted by atomic mass is 32.2. The number of carbonyl (C=O) groups is 1. The zero-order chi connectivity index (χ0) is 16.7. The van der Waals surface area contributed by atoms with Crippen molar-refractivity contribution in [1.29, 1.82) is 0 Å². The fourth-order valence-electron chi connectivity index (χ4n) is 2.30. The van der Waals surface area contributed by atoms with Crippen molar-refractivity contribution < 1.29 is 13.9 Å². The smallest absolute Gasteiger partial charge is 0.305 e. The SMILES string of the molecule is CCC(=O)OCCCC(CC)Sc1cc(=S)oc2ccccc12. The number of rotatable bonds is 8. The molecule has 23 heavy (non-hydrogen) atoms. The maximum atomic E-state index is 11.2. The molecule has 0 spiro atoms. The van der Waals surface area contributed by atoms with Crippen molar-refractivity contribution in [2.75, 3.05) is 6.61 Å². The second kappa shape index (κ2) is 9.08. The molecule has 0 aliphatic heterocycles. The Bertz CT molecular complexity index is 709. The Morgan fingerprint density at radius 3 is 2.87 bits per heavy atom. The summed E-state index contributed by atoms with van der Waals surface area (Å²) >= 11 is 7.06. The van der Waals surface area contributed by atoms with Crippen LogP contribution < -0.4 is 0 Å². The van der Waals surface area contributed by atoms with Crippen molar-refractivity contribution in [3.8, 4) is 0 Å². The second-order valence-corrected chi connectivity index (χ2v) is 7.03. The molecule has 124 valence electrons. The van der Waals surface area contributed by atoms with Gasteiger partial charge in [0.25, 0.3) is 0 Å². The van der Waals surface area contributed by atoms with Gasteiger partial charge in [-0.1, -0.05) is 32.0 Å². The first-order valence-electron chi connectivity index (χ1n) is 7.99. The molecule has 1 aromatic heterocycles. The highest BCUT2D eigenvalue weighted by Crippen LogP contribution is 2.34. The van der Waals surface area contributed by atoms with Crippen molar-refractivity contribution in [3.63, 3.8) is 0 Å². The highest BCUT2D eigenvalue weighted by molar-refractivity contribution is 8.00. The van der Waals surface area contributed by atoms with E-state index in [1.54, 1.807) is 0 Å². The first-order valence-corrected chi connectivity index (χ1v) is 9.28. The molecule has 0 saturated carbocycles.